The third-order valence-corrected chi connectivity index (χ3v) is 5.82. The molecule has 0 radical (unpaired) electrons. The summed E-state index contributed by atoms with van der Waals surface area (Å²) in [6, 6.07) is 10.9. The van der Waals surface area contributed by atoms with Crippen molar-refractivity contribution < 1.29 is 14.3 Å². The van der Waals surface area contributed by atoms with Crippen molar-refractivity contribution in [3.8, 4) is 17.0 Å². The van der Waals surface area contributed by atoms with Crippen LogP contribution >= 0.6 is 11.3 Å². The van der Waals surface area contributed by atoms with Crippen LogP contribution in [0.15, 0.2) is 54.2 Å². The highest BCUT2D eigenvalue weighted by atomic mass is 32.1. The first kappa shape index (κ1) is 19.5. The molecule has 0 saturated carbocycles. The molecule has 2 atom stereocenters. The summed E-state index contributed by atoms with van der Waals surface area (Å²) in [5, 5.41) is 5.87. The zero-order valence-electron chi connectivity index (χ0n) is 16.2. The van der Waals surface area contributed by atoms with Crippen LogP contribution in [-0.4, -0.2) is 35.2 Å². The molecule has 0 spiro atoms. The van der Waals surface area contributed by atoms with E-state index in [0.717, 1.165) is 35.7 Å². The van der Waals surface area contributed by atoms with E-state index in [9.17, 15) is 4.79 Å². The average molecular weight is 410 g/mol. The van der Waals surface area contributed by atoms with E-state index >= 15 is 0 Å². The van der Waals surface area contributed by atoms with Crippen LogP contribution in [-0.2, 0) is 4.74 Å². The topological polar surface area (TPSA) is 73.3 Å². The number of aromatic nitrogens is 2. The van der Waals surface area contributed by atoms with Gasteiger partial charge in [-0.25, -0.2) is 4.98 Å². The van der Waals surface area contributed by atoms with Crippen molar-refractivity contribution in [1.29, 1.82) is 0 Å². The van der Waals surface area contributed by atoms with Gasteiger partial charge in [0.1, 0.15) is 17.4 Å². The molecule has 1 amide bonds. The summed E-state index contributed by atoms with van der Waals surface area (Å²) < 4.78 is 11.5. The van der Waals surface area contributed by atoms with Crippen LogP contribution in [0, 0.1) is 0 Å². The van der Waals surface area contributed by atoms with Crippen molar-refractivity contribution in [2.45, 2.75) is 31.9 Å². The van der Waals surface area contributed by atoms with Gasteiger partial charge in [-0.15, -0.1) is 11.3 Å². The van der Waals surface area contributed by atoms with E-state index in [1.54, 1.807) is 18.5 Å². The molecule has 150 valence electrons. The molecule has 1 aromatic carbocycles. The van der Waals surface area contributed by atoms with Crippen LogP contribution < -0.4 is 10.1 Å². The summed E-state index contributed by atoms with van der Waals surface area (Å²) in [5.74, 6) is 0.394. The summed E-state index contributed by atoms with van der Waals surface area (Å²) in [5.41, 5.74) is 2.41. The number of pyridine rings is 1. The van der Waals surface area contributed by atoms with Crippen LogP contribution in [0.4, 0.5) is 0 Å². The lowest BCUT2D eigenvalue weighted by Gasteiger charge is -2.16. The van der Waals surface area contributed by atoms with Crippen molar-refractivity contribution >= 4 is 17.2 Å². The Morgan fingerprint density at radius 3 is 2.93 bits per heavy atom. The van der Waals surface area contributed by atoms with E-state index in [1.807, 2.05) is 42.6 Å². The second-order valence-corrected chi connectivity index (χ2v) is 7.83. The summed E-state index contributed by atoms with van der Waals surface area (Å²) in [6.45, 7) is 3.17. The van der Waals surface area contributed by atoms with Gasteiger partial charge in [0.25, 0.3) is 5.91 Å². The van der Waals surface area contributed by atoms with Crippen LogP contribution in [0.5, 0.6) is 5.75 Å². The maximum Gasteiger partial charge on any atom is 0.255 e. The van der Waals surface area contributed by atoms with E-state index in [2.05, 4.69) is 15.3 Å². The molecule has 0 aliphatic carbocycles. The SMILES string of the molecule is CC(NC(=O)c1ccccc1OCC1CCCO1)c1nc(-c2ccncc2)cs1. The highest BCUT2D eigenvalue weighted by Crippen LogP contribution is 2.26. The predicted octanol–water partition coefficient (Wildman–Crippen LogP) is 4.25. The minimum atomic E-state index is -0.214. The Morgan fingerprint density at radius 1 is 1.31 bits per heavy atom. The standard InChI is InChI=1S/C22H23N3O3S/c1-15(22-25-19(14-29-22)16-8-10-23-11-9-16)24-21(26)18-6-2-3-7-20(18)28-13-17-5-4-12-27-17/h2-3,6-11,14-15,17H,4-5,12-13H2,1H3,(H,24,26). The van der Waals surface area contributed by atoms with Gasteiger partial charge in [-0.05, 0) is 44.0 Å². The molecule has 0 bridgehead atoms. The molecule has 3 aromatic rings. The Bertz CT molecular complexity index is 955. The van der Waals surface area contributed by atoms with E-state index < -0.39 is 0 Å². The Morgan fingerprint density at radius 2 is 2.14 bits per heavy atom. The first-order valence-corrected chi connectivity index (χ1v) is 10.6. The van der Waals surface area contributed by atoms with Gasteiger partial charge in [-0.1, -0.05) is 12.1 Å². The molecule has 1 fully saturated rings. The minimum Gasteiger partial charge on any atom is -0.490 e. The fourth-order valence-electron chi connectivity index (χ4n) is 3.22. The van der Waals surface area contributed by atoms with Gasteiger partial charge in [-0.3, -0.25) is 9.78 Å². The van der Waals surface area contributed by atoms with E-state index in [-0.39, 0.29) is 18.1 Å². The number of benzene rings is 1. The molecule has 1 aliphatic rings. The van der Waals surface area contributed by atoms with Crippen molar-refractivity contribution in [2.75, 3.05) is 13.2 Å². The van der Waals surface area contributed by atoms with Crippen molar-refractivity contribution in [3.63, 3.8) is 0 Å². The Hall–Kier alpha value is -2.77. The Labute approximate surface area is 173 Å². The number of hydrogen-bond acceptors (Lipinski definition) is 6. The smallest absolute Gasteiger partial charge is 0.255 e. The molecular formula is C22H23N3O3S. The van der Waals surface area contributed by atoms with Crippen molar-refractivity contribution in [1.82, 2.24) is 15.3 Å². The number of hydrogen-bond donors (Lipinski definition) is 1. The van der Waals surface area contributed by atoms with E-state index in [0.29, 0.717) is 17.9 Å². The lowest BCUT2D eigenvalue weighted by atomic mass is 10.1. The number of carbonyl (C=O) groups is 1. The maximum absolute atomic E-state index is 12.9. The number of nitrogens with zero attached hydrogens (tertiary/aromatic N) is 2. The molecule has 2 aromatic heterocycles. The van der Waals surface area contributed by atoms with Crippen LogP contribution in [0.3, 0.4) is 0 Å². The molecule has 7 heteroatoms. The lowest BCUT2D eigenvalue weighted by Crippen LogP contribution is -2.27. The van der Waals surface area contributed by atoms with Crippen LogP contribution in [0.2, 0.25) is 0 Å². The van der Waals surface area contributed by atoms with Gasteiger partial charge in [0.05, 0.1) is 23.4 Å². The predicted molar refractivity (Wildman–Crippen MR) is 112 cm³/mol. The van der Waals surface area contributed by atoms with Gasteiger partial charge in [0, 0.05) is 29.9 Å². The summed E-state index contributed by atoms with van der Waals surface area (Å²) in [7, 11) is 0. The number of amides is 1. The molecule has 1 N–H and O–H groups in total. The third-order valence-electron chi connectivity index (χ3n) is 4.80. The van der Waals surface area contributed by atoms with E-state index in [1.165, 1.54) is 11.3 Å². The molecule has 4 rings (SSSR count). The summed E-state index contributed by atoms with van der Waals surface area (Å²) >= 11 is 1.53. The van der Waals surface area contributed by atoms with Gasteiger partial charge in [0.15, 0.2) is 0 Å². The zero-order chi connectivity index (χ0) is 20.1. The Kier molecular flexibility index (Phi) is 6.17. The monoisotopic (exact) mass is 409 g/mol. The molecule has 29 heavy (non-hydrogen) atoms. The van der Waals surface area contributed by atoms with E-state index in [4.69, 9.17) is 9.47 Å². The van der Waals surface area contributed by atoms with Crippen LogP contribution in [0.1, 0.15) is 41.2 Å². The summed E-state index contributed by atoms with van der Waals surface area (Å²) in [4.78, 5) is 21.6. The van der Waals surface area contributed by atoms with Crippen molar-refractivity contribution in [2.24, 2.45) is 0 Å². The maximum atomic E-state index is 12.9. The van der Waals surface area contributed by atoms with Gasteiger partial charge in [0.2, 0.25) is 0 Å². The third kappa shape index (κ3) is 4.81. The van der Waals surface area contributed by atoms with Crippen molar-refractivity contribution in [3.05, 3.63) is 64.7 Å². The summed E-state index contributed by atoms with van der Waals surface area (Å²) in [6.07, 6.45) is 5.64. The number of para-hydroxylation sites is 1. The highest BCUT2D eigenvalue weighted by molar-refractivity contribution is 7.10. The van der Waals surface area contributed by atoms with Gasteiger partial charge < -0.3 is 14.8 Å². The molecule has 3 heterocycles. The lowest BCUT2D eigenvalue weighted by molar-refractivity contribution is 0.0670. The number of ether oxygens (including phenoxy) is 2. The first-order chi connectivity index (χ1) is 14.2. The fraction of sp³-hybridized carbons (Fsp3) is 0.318. The molecule has 1 aliphatic heterocycles. The van der Waals surface area contributed by atoms with Gasteiger partial charge >= 0.3 is 0 Å². The largest absolute Gasteiger partial charge is 0.490 e. The second-order valence-electron chi connectivity index (χ2n) is 6.94. The quantitative estimate of drug-likeness (QED) is 0.631. The fourth-order valence-corrected chi connectivity index (χ4v) is 4.05. The molecule has 1 saturated heterocycles. The number of rotatable bonds is 7. The normalized spacial score (nSPS) is 17.1. The average Bonchev–Trinajstić information content (AvgIpc) is 3.45. The second kappa shape index (κ2) is 9.15. The highest BCUT2D eigenvalue weighted by Gasteiger charge is 2.20. The zero-order valence-corrected chi connectivity index (χ0v) is 17.0. The van der Waals surface area contributed by atoms with Gasteiger partial charge in [-0.2, -0.15) is 0 Å². The molecule has 6 nitrogen and oxygen atoms in total. The van der Waals surface area contributed by atoms with Crippen LogP contribution in [0.25, 0.3) is 11.3 Å². The number of thiazole rings is 1. The Balaban J connectivity index is 1.42. The number of carbonyl (C=O) groups excluding carboxylic acids is 1. The molecular weight excluding hydrogens is 386 g/mol. The molecule has 2 unspecified atom stereocenters. The first-order valence-electron chi connectivity index (χ1n) is 9.71. The minimum absolute atomic E-state index is 0.104. The number of nitrogens with one attached hydrogen (secondary N) is 1.